The highest BCUT2D eigenvalue weighted by Gasteiger charge is 2.16. The normalized spacial score (nSPS) is 10.9. The molecule has 0 spiro atoms. The molecule has 0 saturated heterocycles. The molecule has 0 fully saturated rings. The molecule has 4 N–H and O–H groups in total. The van der Waals surface area contributed by atoms with E-state index < -0.39 is 0 Å². The molecule has 2 aromatic carbocycles. The van der Waals surface area contributed by atoms with Crippen molar-refractivity contribution in [2.75, 3.05) is 24.0 Å². The summed E-state index contributed by atoms with van der Waals surface area (Å²) in [5.74, 6) is 7.19. The molecule has 4 rings (SSSR count). The van der Waals surface area contributed by atoms with Crippen LogP contribution >= 0.6 is 11.8 Å². The highest BCUT2D eigenvalue weighted by Crippen LogP contribution is 2.26. The number of carbonyl (C=O) groups is 1. The molecule has 0 bridgehead atoms. The quantitative estimate of drug-likeness (QED) is 0.343. The Balaban J connectivity index is 1.45. The SMILES string of the molecule is COc1ccccc1NC(=O)CSc1nnc(-c2cc3ccccc3[nH]2)n1N. The highest BCUT2D eigenvalue weighted by atomic mass is 32.2. The fraction of sp³-hybridized carbons (Fsp3) is 0.105. The van der Waals surface area contributed by atoms with Gasteiger partial charge < -0.3 is 20.9 Å². The van der Waals surface area contributed by atoms with E-state index in [9.17, 15) is 4.79 Å². The molecule has 0 aliphatic carbocycles. The largest absolute Gasteiger partial charge is 0.495 e. The predicted octanol–water partition coefficient (Wildman–Crippen LogP) is 2.88. The zero-order chi connectivity index (χ0) is 19.5. The maximum Gasteiger partial charge on any atom is 0.234 e. The van der Waals surface area contributed by atoms with Gasteiger partial charge in [-0.2, -0.15) is 0 Å². The number of methoxy groups -OCH3 is 1. The fourth-order valence-corrected chi connectivity index (χ4v) is 3.47. The minimum atomic E-state index is -0.190. The van der Waals surface area contributed by atoms with Gasteiger partial charge in [0.25, 0.3) is 0 Å². The molecule has 4 aromatic rings. The van der Waals surface area contributed by atoms with E-state index in [1.54, 1.807) is 19.2 Å². The molecule has 1 amide bonds. The number of rotatable bonds is 6. The van der Waals surface area contributed by atoms with Crippen LogP contribution in [0.15, 0.2) is 59.8 Å². The van der Waals surface area contributed by atoms with Gasteiger partial charge in [0, 0.05) is 10.9 Å². The predicted molar refractivity (Wildman–Crippen MR) is 110 cm³/mol. The van der Waals surface area contributed by atoms with E-state index in [4.69, 9.17) is 10.6 Å². The molecule has 0 saturated carbocycles. The third-order valence-corrected chi connectivity index (χ3v) is 5.09. The Hall–Kier alpha value is -3.46. The number of nitrogens with one attached hydrogen (secondary N) is 2. The van der Waals surface area contributed by atoms with Crippen LogP contribution in [0.4, 0.5) is 5.69 Å². The Bertz CT molecular complexity index is 1100. The summed E-state index contributed by atoms with van der Waals surface area (Å²) in [5.41, 5.74) is 2.37. The molecule has 0 unspecified atom stereocenters. The van der Waals surface area contributed by atoms with Gasteiger partial charge in [-0.05, 0) is 24.3 Å². The number of ether oxygens (including phenoxy) is 1. The summed E-state index contributed by atoms with van der Waals surface area (Å²) < 4.78 is 6.61. The number of hydrogen-bond acceptors (Lipinski definition) is 6. The lowest BCUT2D eigenvalue weighted by Crippen LogP contribution is -2.16. The number of carbonyl (C=O) groups excluding carboxylic acids is 1. The number of hydrogen-bond donors (Lipinski definition) is 3. The van der Waals surface area contributed by atoms with Crippen molar-refractivity contribution in [2.24, 2.45) is 0 Å². The maximum absolute atomic E-state index is 12.3. The number of H-pyrrole nitrogens is 1. The first-order valence-electron chi connectivity index (χ1n) is 8.50. The smallest absolute Gasteiger partial charge is 0.234 e. The van der Waals surface area contributed by atoms with Crippen LogP contribution in [-0.2, 0) is 4.79 Å². The van der Waals surface area contributed by atoms with Crippen molar-refractivity contribution < 1.29 is 9.53 Å². The molecule has 2 heterocycles. The monoisotopic (exact) mass is 394 g/mol. The van der Waals surface area contributed by atoms with Crippen LogP contribution in [0.25, 0.3) is 22.4 Å². The number of fused-ring (bicyclic) bond motifs is 1. The number of anilines is 1. The van der Waals surface area contributed by atoms with Gasteiger partial charge in [-0.15, -0.1) is 10.2 Å². The number of nitrogens with zero attached hydrogens (tertiary/aromatic N) is 3. The first-order chi connectivity index (χ1) is 13.7. The summed E-state index contributed by atoms with van der Waals surface area (Å²) in [7, 11) is 1.56. The molecule has 8 nitrogen and oxygen atoms in total. The van der Waals surface area contributed by atoms with Gasteiger partial charge in [0.05, 0.1) is 24.2 Å². The van der Waals surface area contributed by atoms with Crippen molar-refractivity contribution in [2.45, 2.75) is 5.16 Å². The Morgan fingerprint density at radius 2 is 2.00 bits per heavy atom. The van der Waals surface area contributed by atoms with Crippen molar-refractivity contribution in [3.8, 4) is 17.3 Å². The lowest BCUT2D eigenvalue weighted by molar-refractivity contribution is -0.113. The minimum Gasteiger partial charge on any atom is -0.495 e. The lowest BCUT2D eigenvalue weighted by Gasteiger charge is -2.09. The van der Waals surface area contributed by atoms with E-state index >= 15 is 0 Å². The standard InChI is InChI=1S/C19H18N6O2S/c1-27-16-9-5-4-8-14(16)22-17(26)11-28-19-24-23-18(25(19)20)15-10-12-6-2-3-7-13(12)21-15/h2-10,21H,11,20H2,1H3,(H,22,26). The summed E-state index contributed by atoms with van der Waals surface area (Å²) in [5, 5.41) is 12.6. The summed E-state index contributed by atoms with van der Waals surface area (Å²) in [6, 6.07) is 17.1. The van der Waals surface area contributed by atoms with Crippen molar-refractivity contribution >= 4 is 34.3 Å². The molecule has 0 aliphatic heterocycles. The van der Waals surface area contributed by atoms with Gasteiger partial charge in [-0.25, -0.2) is 4.68 Å². The number of aromatic nitrogens is 4. The van der Waals surface area contributed by atoms with E-state index in [-0.39, 0.29) is 11.7 Å². The van der Waals surface area contributed by atoms with E-state index in [1.165, 1.54) is 16.4 Å². The number of para-hydroxylation sites is 3. The topological polar surface area (TPSA) is 111 Å². The Morgan fingerprint density at radius 3 is 2.82 bits per heavy atom. The van der Waals surface area contributed by atoms with Crippen LogP contribution in [0.5, 0.6) is 5.75 Å². The van der Waals surface area contributed by atoms with E-state index in [1.807, 2.05) is 42.5 Å². The van der Waals surface area contributed by atoms with Gasteiger partial charge in [-0.1, -0.05) is 42.1 Å². The minimum absolute atomic E-state index is 0.139. The highest BCUT2D eigenvalue weighted by molar-refractivity contribution is 7.99. The van der Waals surface area contributed by atoms with Crippen molar-refractivity contribution in [3.63, 3.8) is 0 Å². The van der Waals surface area contributed by atoms with Crippen LogP contribution in [0.3, 0.4) is 0 Å². The summed E-state index contributed by atoms with van der Waals surface area (Å²) >= 11 is 1.21. The molecule has 0 radical (unpaired) electrons. The molecule has 0 atom stereocenters. The van der Waals surface area contributed by atoms with Gasteiger partial charge in [0.15, 0.2) is 5.82 Å². The van der Waals surface area contributed by atoms with E-state index in [2.05, 4.69) is 20.5 Å². The second-order valence-electron chi connectivity index (χ2n) is 5.98. The number of nitrogens with two attached hydrogens (primary N) is 1. The van der Waals surface area contributed by atoms with E-state index in [0.29, 0.717) is 22.4 Å². The molecule has 0 aliphatic rings. The van der Waals surface area contributed by atoms with E-state index in [0.717, 1.165) is 16.6 Å². The van der Waals surface area contributed by atoms with Gasteiger partial charge in [-0.3, -0.25) is 4.79 Å². The summed E-state index contributed by atoms with van der Waals surface area (Å²) in [4.78, 5) is 15.5. The number of aromatic amines is 1. The van der Waals surface area contributed by atoms with Crippen LogP contribution < -0.4 is 15.9 Å². The number of nitrogen functional groups attached to an aromatic ring is 1. The Morgan fingerprint density at radius 1 is 1.21 bits per heavy atom. The van der Waals surface area contributed by atoms with Gasteiger partial charge in [0.2, 0.25) is 11.1 Å². The third kappa shape index (κ3) is 3.52. The average molecular weight is 394 g/mol. The Labute approximate surface area is 165 Å². The molecule has 9 heteroatoms. The van der Waals surface area contributed by atoms with Crippen molar-refractivity contribution in [1.82, 2.24) is 19.9 Å². The third-order valence-electron chi connectivity index (χ3n) is 4.15. The number of thioether (sulfide) groups is 1. The van der Waals surface area contributed by atoms with Crippen LogP contribution in [0.1, 0.15) is 0 Å². The molecule has 2 aromatic heterocycles. The average Bonchev–Trinajstić information content (AvgIpc) is 3.29. The second-order valence-corrected chi connectivity index (χ2v) is 6.93. The fourth-order valence-electron chi connectivity index (χ4n) is 2.82. The number of benzene rings is 2. The van der Waals surface area contributed by atoms with Crippen LogP contribution in [-0.4, -0.2) is 38.6 Å². The number of amides is 1. The molecular formula is C19H18N6O2S. The van der Waals surface area contributed by atoms with Crippen LogP contribution in [0.2, 0.25) is 0 Å². The summed E-state index contributed by atoms with van der Waals surface area (Å²) in [6.07, 6.45) is 0. The lowest BCUT2D eigenvalue weighted by atomic mass is 10.2. The second kappa shape index (κ2) is 7.65. The first-order valence-corrected chi connectivity index (χ1v) is 9.48. The molecular weight excluding hydrogens is 376 g/mol. The maximum atomic E-state index is 12.3. The van der Waals surface area contributed by atoms with Gasteiger partial charge >= 0.3 is 0 Å². The summed E-state index contributed by atoms with van der Waals surface area (Å²) in [6.45, 7) is 0. The Kier molecular flexibility index (Phi) is 4.90. The van der Waals surface area contributed by atoms with Crippen molar-refractivity contribution in [1.29, 1.82) is 0 Å². The molecule has 28 heavy (non-hydrogen) atoms. The van der Waals surface area contributed by atoms with Gasteiger partial charge in [0.1, 0.15) is 5.75 Å². The zero-order valence-electron chi connectivity index (χ0n) is 15.0. The van der Waals surface area contributed by atoms with Crippen molar-refractivity contribution in [3.05, 3.63) is 54.6 Å². The first kappa shape index (κ1) is 17.9. The molecule has 142 valence electrons. The van der Waals surface area contributed by atoms with Crippen LogP contribution in [0, 0.1) is 0 Å². The zero-order valence-corrected chi connectivity index (χ0v) is 15.9.